The summed E-state index contributed by atoms with van der Waals surface area (Å²) >= 11 is 0. The molecule has 0 aliphatic heterocycles. The third-order valence-corrected chi connectivity index (χ3v) is 1.98. The molecule has 2 heterocycles. The van der Waals surface area contributed by atoms with Gasteiger partial charge in [-0.1, -0.05) is 0 Å². The maximum Gasteiger partial charge on any atom is 0.185 e. The fraction of sp³-hybridized carbons (Fsp3) is 0.222. The lowest BCUT2D eigenvalue weighted by Crippen LogP contribution is -1.99. The number of hydrogen-bond acceptors (Lipinski definition) is 3. The van der Waals surface area contributed by atoms with Crippen LogP contribution in [0, 0.1) is 0 Å². The fourth-order valence-corrected chi connectivity index (χ4v) is 1.40. The highest BCUT2D eigenvalue weighted by molar-refractivity contribution is 5.80. The standard InChI is InChI=1S/C9H9N3O/c1-2-12-7-4-3-5-10-9(7)11-8(12)6-13/h3-6H,2H2,1H3. The van der Waals surface area contributed by atoms with Crippen LogP contribution in [0.1, 0.15) is 17.5 Å². The summed E-state index contributed by atoms with van der Waals surface area (Å²) in [7, 11) is 0. The fourth-order valence-electron chi connectivity index (χ4n) is 1.40. The van der Waals surface area contributed by atoms with Crippen LogP contribution in [-0.2, 0) is 6.54 Å². The Hall–Kier alpha value is -1.71. The molecule has 0 radical (unpaired) electrons. The molecular weight excluding hydrogens is 166 g/mol. The van der Waals surface area contributed by atoms with Crippen LogP contribution in [0.5, 0.6) is 0 Å². The number of pyridine rings is 1. The lowest BCUT2D eigenvalue weighted by molar-refractivity contribution is 0.111. The van der Waals surface area contributed by atoms with Crippen LogP contribution in [0.3, 0.4) is 0 Å². The van der Waals surface area contributed by atoms with Crippen molar-refractivity contribution in [2.75, 3.05) is 0 Å². The summed E-state index contributed by atoms with van der Waals surface area (Å²) in [5.74, 6) is 0.441. The van der Waals surface area contributed by atoms with Crippen molar-refractivity contribution in [3.63, 3.8) is 0 Å². The van der Waals surface area contributed by atoms with Crippen molar-refractivity contribution in [3.05, 3.63) is 24.2 Å². The van der Waals surface area contributed by atoms with E-state index in [0.29, 0.717) is 11.5 Å². The van der Waals surface area contributed by atoms with Gasteiger partial charge >= 0.3 is 0 Å². The molecule has 0 amide bonds. The molecule has 0 N–H and O–H groups in total. The summed E-state index contributed by atoms with van der Waals surface area (Å²) < 4.78 is 1.84. The summed E-state index contributed by atoms with van der Waals surface area (Å²) in [5.41, 5.74) is 1.54. The van der Waals surface area contributed by atoms with E-state index >= 15 is 0 Å². The molecule has 13 heavy (non-hydrogen) atoms. The van der Waals surface area contributed by atoms with Gasteiger partial charge in [0, 0.05) is 12.7 Å². The molecule has 0 unspecified atom stereocenters. The van der Waals surface area contributed by atoms with Gasteiger partial charge in [0.1, 0.15) is 0 Å². The number of carbonyl (C=O) groups is 1. The highest BCUT2D eigenvalue weighted by atomic mass is 16.1. The molecule has 66 valence electrons. The third kappa shape index (κ3) is 1.11. The van der Waals surface area contributed by atoms with Gasteiger partial charge in [-0.05, 0) is 19.1 Å². The van der Waals surface area contributed by atoms with Crippen LogP contribution in [0.4, 0.5) is 0 Å². The Morgan fingerprint density at radius 1 is 1.62 bits per heavy atom. The largest absolute Gasteiger partial charge is 0.321 e. The second kappa shape index (κ2) is 2.97. The molecule has 2 aromatic rings. The van der Waals surface area contributed by atoms with Gasteiger partial charge in [0.25, 0.3) is 0 Å². The number of imidazole rings is 1. The zero-order chi connectivity index (χ0) is 9.26. The monoisotopic (exact) mass is 175 g/mol. The van der Waals surface area contributed by atoms with E-state index in [2.05, 4.69) is 9.97 Å². The maximum absolute atomic E-state index is 10.6. The summed E-state index contributed by atoms with van der Waals surface area (Å²) in [6.07, 6.45) is 2.43. The van der Waals surface area contributed by atoms with E-state index in [0.717, 1.165) is 18.3 Å². The van der Waals surface area contributed by atoms with E-state index in [1.54, 1.807) is 6.20 Å². The van der Waals surface area contributed by atoms with E-state index in [1.807, 2.05) is 23.6 Å². The number of hydrogen-bond donors (Lipinski definition) is 0. The summed E-state index contributed by atoms with van der Waals surface area (Å²) in [6.45, 7) is 2.71. The minimum Gasteiger partial charge on any atom is -0.321 e. The second-order valence-electron chi connectivity index (χ2n) is 2.68. The van der Waals surface area contributed by atoms with Crippen LogP contribution in [-0.4, -0.2) is 20.8 Å². The first-order valence-electron chi connectivity index (χ1n) is 4.13. The lowest BCUT2D eigenvalue weighted by atomic mass is 10.4. The van der Waals surface area contributed by atoms with Crippen molar-refractivity contribution in [2.24, 2.45) is 0 Å². The molecule has 0 aromatic carbocycles. The predicted molar refractivity (Wildman–Crippen MR) is 48.6 cm³/mol. The summed E-state index contributed by atoms with van der Waals surface area (Å²) in [4.78, 5) is 18.8. The smallest absolute Gasteiger partial charge is 0.185 e. The van der Waals surface area contributed by atoms with Gasteiger partial charge in [0.15, 0.2) is 17.8 Å². The molecule has 4 heteroatoms. The molecule has 0 atom stereocenters. The number of carbonyl (C=O) groups excluding carboxylic acids is 1. The van der Waals surface area contributed by atoms with Crippen LogP contribution in [0.25, 0.3) is 11.2 Å². The molecule has 0 aliphatic carbocycles. The first-order valence-corrected chi connectivity index (χ1v) is 4.13. The predicted octanol–water partition coefficient (Wildman–Crippen LogP) is 1.26. The minimum atomic E-state index is 0.441. The number of fused-ring (bicyclic) bond motifs is 1. The van der Waals surface area contributed by atoms with Crippen molar-refractivity contribution < 1.29 is 4.79 Å². The van der Waals surface area contributed by atoms with Gasteiger partial charge in [-0.25, -0.2) is 9.97 Å². The summed E-state index contributed by atoms with van der Waals surface area (Å²) in [5, 5.41) is 0. The van der Waals surface area contributed by atoms with Gasteiger partial charge < -0.3 is 4.57 Å². The Morgan fingerprint density at radius 3 is 3.15 bits per heavy atom. The molecule has 0 bridgehead atoms. The van der Waals surface area contributed by atoms with E-state index < -0.39 is 0 Å². The van der Waals surface area contributed by atoms with E-state index in [4.69, 9.17) is 0 Å². The molecule has 0 fully saturated rings. The average Bonchev–Trinajstić information content (AvgIpc) is 2.55. The Balaban J connectivity index is 2.81. The van der Waals surface area contributed by atoms with Gasteiger partial charge in [0.05, 0.1) is 5.52 Å². The number of rotatable bonds is 2. The number of aryl methyl sites for hydroxylation is 1. The van der Waals surface area contributed by atoms with Gasteiger partial charge in [-0.15, -0.1) is 0 Å². The Bertz CT molecular complexity index is 447. The topological polar surface area (TPSA) is 47.8 Å². The minimum absolute atomic E-state index is 0.441. The first-order chi connectivity index (χ1) is 6.36. The third-order valence-electron chi connectivity index (χ3n) is 1.98. The highest BCUT2D eigenvalue weighted by Gasteiger charge is 2.07. The molecule has 4 nitrogen and oxygen atoms in total. The molecule has 2 aromatic heterocycles. The molecular formula is C9H9N3O. The lowest BCUT2D eigenvalue weighted by Gasteiger charge is -1.98. The van der Waals surface area contributed by atoms with E-state index in [9.17, 15) is 4.79 Å². The van der Waals surface area contributed by atoms with Crippen LogP contribution < -0.4 is 0 Å². The van der Waals surface area contributed by atoms with Crippen molar-refractivity contribution >= 4 is 17.5 Å². The van der Waals surface area contributed by atoms with E-state index in [-0.39, 0.29) is 0 Å². The number of aromatic nitrogens is 3. The first kappa shape index (κ1) is 7.91. The molecule has 0 spiro atoms. The van der Waals surface area contributed by atoms with Gasteiger partial charge in [0.2, 0.25) is 0 Å². The highest BCUT2D eigenvalue weighted by Crippen LogP contribution is 2.11. The summed E-state index contributed by atoms with van der Waals surface area (Å²) in [6, 6.07) is 3.75. The quantitative estimate of drug-likeness (QED) is 0.645. The zero-order valence-electron chi connectivity index (χ0n) is 7.27. The van der Waals surface area contributed by atoms with Crippen molar-refractivity contribution in [3.8, 4) is 0 Å². The Morgan fingerprint density at radius 2 is 2.46 bits per heavy atom. The number of nitrogens with zero attached hydrogens (tertiary/aromatic N) is 3. The van der Waals surface area contributed by atoms with Gasteiger partial charge in [-0.2, -0.15) is 0 Å². The van der Waals surface area contributed by atoms with E-state index in [1.165, 1.54) is 0 Å². The van der Waals surface area contributed by atoms with Gasteiger partial charge in [-0.3, -0.25) is 4.79 Å². The maximum atomic E-state index is 10.6. The van der Waals surface area contributed by atoms with Crippen LogP contribution in [0.2, 0.25) is 0 Å². The van der Waals surface area contributed by atoms with Crippen molar-refractivity contribution in [2.45, 2.75) is 13.5 Å². The number of aldehydes is 1. The van der Waals surface area contributed by atoms with Crippen LogP contribution in [0.15, 0.2) is 18.3 Å². The zero-order valence-corrected chi connectivity index (χ0v) is 7.27. The SMILES string of the molecule is CCn1c(C=O)nc2ncccc21. The Kier molecular flexibility index (Phi) is 1.81. The molecule has 0 saturated carbocycles. The molecule has 0 aliphatic rings. The van der Waals surface area contributed by atoms with Crippen molar-refractivity contribution in [1.29, 1.82) is 0 Å². The second-order valence-corrected chi connectivity index (χ2v) is 2.68. The Labute approximate surface area is 75.2 Å². The normalized spacial score (nSPS) is 10.5. The van der Waals surface area contributed by atoms with Crippen molar-refractivity contribution in [1.82, 2.24) is 14.5 Å². The average molecular weight is 175 g/mol. The molecule has 0 saturated heterocycles. The van der Waals surface area contributed by atoms with Crippen LogP contribution >= 0.6 is 0 Å². The molecule has 2 rings (SSSR count).